The highest BCUT2D eigenvalue weighted by Gasteiger charge is 2.42. The molecule has 5 rings (SSSR count). The maximum absolute atomic E-state index is 11.5. The Morgan fingerprint density at radius 1 is 1.05 bits per heavy atom. The lowest BCUT2D eigenvalue weighted by Crippen LogP contribution is -2.29. The van der Waals surface area contributed by atoms with Gasteiger partial charge in [0, 0.05) is 35.9 Å². The lowest BCUT2D eigenvalue weighted by Gasteiger charge is -2.28. The average molecular weight is 524 g/mol. The molecule has 2 N–H and O–H groups in total. The zero-order chi connectivity index (χ0) is 27.0. The summed E-state index contributed by atoms with van der Waals surface area (Å²) in [5.74, 6) is -0.0979. The second kappa shape index (κ2) is 10.4. The first-order valence-corrected chi connectivity index (χ1v) is 13.4. The van der Waals surface area contributed by atoms with Crippen molar-refractivity contribution in [3.05, 3.63) is 107 Å². The highest BCUT2D eigenvalue weighted by atomic mass is 32.1. The predicted molar refractivity (Wildman–Crippen MR) is 158 cm³/mol. The molecule has 0 aliphatic carbocycles. The number of benzene rings is 2. The van der Waals surface area contributed by atoms with Crippen LogP contribution in [0.3, 0.4) is 0 Å². The van der Waals surface area contributed by atoms with E-state index in [1.807, 2.05) is 48.7 Å². The number of hydrogen-bond donors (Lipinski definition) is 2. The molecule has 4 aromatic rings. The summed E-state index contributed by atoms with van der Waals surface area (Å²) < 4.78 is 2.39. The third-order valence-electron chi connectivity index (χ3n) is 7.28. The van der Waals surface area contributed by atoms with Gasteiger partial charge in [-0.1, -0.05) is 31.2 Å². The highest BCUT2D eigenvalue weighted by molar-refractivity contribution is 7.80. The molecule has 1 amide bonds. The Hall–Kier alpha value is -3.97. The second-order valence-corrected chi connectivity index (χ2v) is 10.2. The van der Waals surface area contributed by atoms with Gasteiger partial charge < -0.3 is 20.1 Å². The summed E-state index contributed by atoms with van der Waals surface area (Å²) in [7, 11) is 0. The van der Waals surface area contributed by atoms with Crippen LogP contribution in [0.25, 0.3) is 5.69 Å². The fourth-order valence-corrected chi connectivity index (χ4v) is 5.96. The standard InChI is InChI=1S/C31H33N5OS/c1-6-23-11-9-10-19(2)29(23)35-20(3)18-26(21(35)4)30-28(27-12-7-8-17-32-27)34-31(38)36(30)25-15-13-24(14-16-25)33-22(5)37/h7-18,28,30H,6H2,1-5H3,(H,33,37)(H,34,38)/t28-,30+/m0/s1. The average Bonchev–Trinajstić information content (AvgIpc) is 3.39. The topological polar surface area (TPSA) is 62.2 Å². The Morgan fingerprint density at radius 3 is 2.47 bits per heavy atom. The van der Waals surface area contributed by atoms with Crippen molar-refractivity contribution in [2.75, 3.05) is 10.2 Å². The fourth-order valence-electron chi connectivity index (χ4n) is 5.61. The van der Waals surface area contributed by atoms with Crippen molar-refractivity contribution >= 4 is 34.6 Å². The van der Waals surface area contributed by atoms with Gasteiger partial charge >= 0.3 is 0 Å². The van der Waals surface area contributed by atoms with Crippen LogP contribution in [0, 0.1) is 20.8 Å². The minimum atomic E-state index is -0.129. The van der Waals surface area contributed by atoms with Gasteiger partial charge in [0.1, 0.15) is 0 Å². The summed E-state index contributed by atoms with van der Waals surface area (Å²) in [5.41, 5.74) is 10.0. The molecule has 0 unspecified atom stereocenters. The van der Waals surface area contributed by atoms with Gasteiger partial charge in [0.25, 0.3) is 0 Å². The Balaban J connectivity index is 1.66. The fraction of sp³-hybridized carbons (Fsp3) is 0.258. The van der Waals surface area contributed by atoms with Crippen LogP contribution in [-0.2, 0) is 11.2 Å². The number of aryl methyl sites for hydroxylation is 3. The van der Waals surface area contributed by atoms with Gasteiger partial charge in [-0.15, -0.1) is 0 Å². The van der Waals surface area contributed by atoms with Crippen molar-refractivity contribution in [1.82, 2.24) is 14.9 Å². The number of carbonyl (C=O) groups is 1. The van der Waals surface area contributed by atoms with Gasteiger partial charge in [-0.2, -0.15) is 0 Å². The molecule has 1 aliphatic rings. The van der Waals surface area contributed by atoms with Gasteiger partial charge in [0.05, 0.1) is 23.5 Å². The van der Waals surface area contributed by atoms with E-state index in [1.54, 1.807) is 0 Å². The van der Waals surface area contributed by atoms with Gasteiger partial charge in [0.2, 0.25) is 5.91 Å². The lowest BCUT2D eigenvalue weighted by atomic mass is 9.96. The molecule has 1 aliphatic heterocycles. The Kier molecular flexibility index (Phi) is 7.04. The molecule has 38 heavy (non-hydrogen) atoms. The molecule has 194 valence electrons. The van der Waals surface area contributed by atoms with Crippen molar-refractivity contribution in [3.8, 4) is 5.69 Å². The van der Waals surface area contributed by atoms with Crippen molar-refractivity contribution in [2.24, 2.45) is 0 Å². The van der Waals surface area contributed by atoms with E-state index < -0.39 is 0 Å². The number of carbonyl (C=O) groups excluding carboxylic acids is 1. The van der Waals surface area contributed by atoms with Gasteiger partial charge in [-0.25, -0.2) is 0 Å². The van der Waals surface area contributed by atoms with E-state index in [4.69, 9.17) is 17.2 Å². The van der Waals surface area contributed by atoms with Gasteiger partial charge in [0.15, 0.2) is 5.11 Å². The monoisotopic (exact) mass is 523 g/mol. The molecule has 0 radical (unpaired) electrons. The molecule has 2 aromatic heterocycles. The summed E-state index contributed by atoms with van der Waals surface area (Å²) >= 11 is 5.93. The number of amides is 1. The number of rotatable bonds is 6. The Bertz CT molecular complexity index is 1490. The second-order valence-electron chi connectivity index (χ2n) is 9.82. The van der Waals surface area contributed by atoms with Crippen LogP contribution in [0.4, 0.5) is 11.4 Å². The largest absolute Gasteiger partial charge is 0.351 e. The number of anilines is 2. The van der Waals surface area contributed by atoms with Crippen LogP contribution in [0.5, 0.6) is 0 Å². The van der Waals surface area contributed by atoms with E-state index in [9.17, 15) is 4.79 Å². The number of nitrogens with zero attached hydrogens (tertiary/aromatic N) is 3. The summed E-state index contributed by atoms with van der Waals surface area (Å²) in [6.45, 7) is 10.3. The van der Waals surface area contributed by atoms with E-state index in [1.165, 1.54) is 40.7 Å². The van der Waals surface area contributed by atoms with Crippen LogP contribution in [0.2, 0.25) is 0 Å². The molecule has 3 heterocycles. The van der Waals surface area contributed by atoms with Crippen LogP contribution in [-0.4, -0.2) is 20.6 Å². The first kappa shape index (κ1) is 25.7. The van der Waals surface area contributed by atoms with Crippen molar-refractivity contribution in [1.29, 1.82) is 0 Å². The Morgan fingerprint density at radius 2 is 1.82 bits per heavy atom. The van der Waals surface area contributed by atoms with Crippen LogP contribution >= 0.6 is 12.2 Å². The summed E-state index contributed by atoms with van der Waals surface area (Å²) in [6, 6.07) is 22.4. The molecular formula is C31H33N5OS. The number of nitrogens with one attached hydrogen (secondary N) is 2. The van der Waals surface area contributed by atoms with E-state index in [0.717, 1.165) is 23.5 Å². The van der Waals surface area contributed by atoms with Crippen molar-refractivity contribution < 1.29 is 4.79 Å². The zero-order valence-corrected chi connectivity index (χ0v) is 23.3. The third kappa shape index (κ3) is 4.58. The first-order chi connectivity index (χ1) is 18.3. The molecule has 0 saturated carbocycles. The predicted octanol–water partition coefficient (Wildman–Crippen LogP) is 6.50. The van der Waals surface area contributed by atoms with E-state index >= 15 is 0 Å². The van der Waals surface area contributed by atoms with Crippen LogP contribution in [0.15, 0.2) is 72.9 Å². The van der Waals surface area contributed by atoms with Gasteiger partial charge in [-0.3, -0.25) is 9.78 Å². The quantitative estimate of drug-likeness (QED) is 0.283. The van der Waals surface area contributed by atoms with E-state index in [2.05, 4.69) is 72.1 Å². The molecule has 0 spiro atoms. The molecule has 0 bridgehead atoms. The zero-order valence-electron chi connectivity index (χ0n) is 22.4. The molecule has 1 saturated heterocycles. The smallest absolute Gasteiger partial charge is 0.221 e. The Labute approximate surface area is 229 Å². The maximum Gasteiger partial charge on any atom is 0.221 e. The van der Waals surface area contributed by atoms with Gasteiger partial charge in [-0.05, 0) is 98.6 Å². The normalized spacial score (nSPS) is 17.0. The first-order valence-electron chi connectivity index (χ1n) is 13.0. The minimum absolute atomic E-state index is 0.0979. The number of aromatic nitrogens is 2. The summed E-state index contributed by atoms with van der Waals surface area (Å²) in [6.07, 6.45) is 2.79. The number of thiocarbonyl (C=S) groups is 1. The molecule has 7 heteroatoms. The SMILES string of the molecule is CCc1cccc(C)c1-n1c(C)cc([C@@H]2[C@H](c3ccccn3)NC(=S)N2c2ccc(NC(C)=O)cc2)c1C. The summed E-state index contributed by atoms with van der Waals surface area (Å²) in [4.78, 5) is 18.4. The molecule has 6 nitrogen and oxygen atoms in total. The number of pyridine rings is 1. The van der Waals surface area contributed by atoms with E-state index in [0.29, 0.717) is 5.11 Å². The minimum Gasteiger partial charge on any atom is -0.351 e. The molecule has 2 aromatic carbocycles. The number of hydrogen-bond acceptors (Lipinski definition) is 3. The van der Waals surface area contributed by atoms with Crippen molar-refractivity contribution in [3.63, 3.8) is 0 Å². The van der Waals surface area contributed by atoms with Crippen molar-refractivity contribution in [2.45, 2.75) is 53.1 Å². The maximum atomic E-state index is 11.5. The molecule has 2 atom stereocenters. The van der Waals surface area contributed by atoms with Crippen LogP contribution < -0.4 is 15.5 Å². The van der Waals surface area contributed by atoms with E-state index in [-0.39, 0.29) is 18.0 Å². The van der Waals surface area contributed by atoms with Crippen LogP contribution in [0.1, 0.15) is 59.7 Å². The molecular weight excluding hydrogens is 490 g/mol. The highest BCUT2D eigenvalue weighted by Crippen LogP contribution is 2.44. The third-order valence-corrected chi connectivity index (χ3v) is 7.59. The lowest BCUT2D eigenvalue weighted by molar-refractivity contribution is -0.114. The number of para-hydroxylation sites is 1. The summed E-state index contributed by atoms with van der Waals surface area (Å²) in [5, 5.41) is 7.05. The molecule has 1 fully saturated rings.